The second-order valence-corrected chi connectivity index (χ2v) is 4.69. The lowest BCUT2D eigenvalue weighted by molar-refractivity contribution is -0.125. The van der Waals surface area contributed by atoms with Crippen molar-refractivity contribution < 1.29 is 4.79 Å². The van der Waals surface area contributed by atoms with E-state index in [0.717, 1.165) is 6.42 Å². The van der Waals surface area contributed by atoms with Crippen molar-refractivity contribution >= 4 is 17.2 Å². The summed E-state index contributed by atoms with van der Waals surface area (Å²) in [5.41, 5.74) is 6.33. The van der Waals surface area contributed by atoms with Crippen LogP contribution in [0.4, 0.5) is 0 Å². The Balaban J connectivity index is 2.29. The van der Waals surface area contributed by atoms with Crippen LogP contribution in [0, 0.1) is 0 Å². The fourth-order valence-corrected chi connectivity index (χ4v) is 1.82. The molecule has 0 saturated heterocycles. The quantitative estimate of drug-likeness (QED) is 0.800. The molecular formula is C11H18N2OS. The normalized spacial score (nSPS) is 14.6. The molecular weight excluding hydrogens is 208 g/mol. The van der Waals surface area contributed by atoms with Gasteiger partial charge in [0.25, 0.3) is 0 Å². The van der Waals surface area contributed by atoms with E-state index in [0.29, 0.717) is 13.0 Å². The first-order valence-electron chi connectivity index (χ1n) is 5.14. The highest BCUT2D eigenvalue weighted by molar-refractivity contribution is 7.07. The molecule has 0 bridgehead atoms. The molecule has 0 aliphatic rings. The summed E-state index contributed by atoms with van der Waals surface area (Å²) in [6, 6.07) is 2.07. The molecule has 84 valence electrons. The molecule has 0 aliphatic heterocycles. The number of hydrogen-bond acceptors (Lipinski definition) is 3. The fourth-order valence-electron chi connectivity index (χ4n) is 1.12. The molecule has 1 atom stereocenters. The smallest absolute Gasteiger partial charge is 0.239 e. The highest BCUT2D eigenvalue weighted by atomic mass is 32.1. The van der Waals surface area contributed by atoms with Crippen LogP contribution in [-0.2, 0) is 11.2 Å². The van der Waals surface area contributed by atoms with E-state index in [1.165, 1.54) is 5.56 Å². The third kappa shape index (κ3) is 3.64. The van der Waals surface area contributed by atoms with E-state index in [1.54, 1.807) is 18.3 Å². The van der Waals surface area contributed by atoms with Gasteiger partial charge in [-0.2, -0.15) is 11.3 Å². The van der Waals surface area contributed by atoms with Crippen LogP contribution in [0.15, 0.2) is 16.8 Å². The summed E-state index contributed by atoms with van der Waals surface area (Å²) in [5.74, 6) is -0.0692. The van der Waals surface area contributed by atoms with E-state index in [1.807, 2.05) is 12.3 Å². The van der Waals surface area contributed by atoms with Crippen molar-refractivity contribution in [2.24, 2.45) is 5.73 Å². The Hall–Kier alpha value is -0.870. The van der Waals surface area contributed by atoms with Crippen molar-refractivity contribution in [3.8, 4) is 0 Å². The van der Waals surface area contributed by atoms with E-state index in [-0.39, 0.29) is 5.91 Å². The molecule has 3 N–H and O–H groups in total. The largest absolute Gasteiger partial charge is 0.354 e. The lowest BCUT2D eigenvalue weighted by Crippen LogP contribution is -2.51. The summed E-state index contributed by atoms with van der Waals surface area (Å²) in [6.07, 6.45) is 1.52. The van der Waals surface area contributed by atoms with Gasteiger partial charge in [-0.15, -0.1) is 0 Å². The zero-order valence-corrected chi connectivity index (χ0v) is 10.1. The van der Waals surface area contributed by atoms with E-state index < -0.39 is 5.54 Å². The van der Waals surface area contributed by atoms with Crippen LogP contribution in [0.5, 0.6) is 0 Å². The third-order valence-corrected chi connectivity index (χ3v) is 3.26. The third-order valence-electron chi connectivity index (χ3n) is 2.53. The summed E-state index contributed by atoms with van der Waals surface area (Å²) in [7, 11) is 0. The average molecular weight is 226 g/mol. The second-order valence-electron chi connectivity index (χ2n) is 3.91. The fraction of sp³-hybridized carbons (Fsp3) is 0.545. The Morgan fingerprint density at radius 1 is 1.67 bits per heavy atom. The molecule has 0 aromatic carbocycles. The van der Waals surface area contributed by atoms with Crippen molar-refractivity contribution in [2.45, 2.75) is 32.2 Å². The number of amides is 1. The molecule has 1 aromatic heterocycles. The summed E-state index contributed by atoms with van der Waals surface area (Å²) in [5, 5.41) is 6.98. The molecule has 1 aromatic rings. The molecule has 0 fully saturated rings. The van der Waals surface area contributed by atoms with Gasteiger partial charge in [-0.3, -0.25) is 4.79 Å². The molecule has 15 heavy (non-hydrogen) atoms. The van der Waals surface area contributed by atoms with Crippen molar-refractivity contribution in [1.29, 1.82) is 0 Å². The van der Waals surface area contributed by atoms with Crippen molar-refractivity contribution in [3.63, 3.8) is 0 Å². The number of thiophene rings is 1. The first-order chi connectivity index (χ1) is 7.06. The maximum atomic E-state index is 11.6. The van der Waals surface area contributed by atoms with Gasteiger partial charge in [0.15, 0.2) is 0 Å². The number of nitrogens with one attached hydrogen (secondary N) is 1. The van der Waals surface area contributed by atoms with Gasteiger partial charge in [0.1, 0.15) is 0 Å². The molecule has 0 spiro atoms. The van der Waals surface area contributed by atoms with Crippen molar-refractivity contribution in [3.05, 3.63) is 22.4 Å². The second kappa shape index (κ2) is 5.28. The number of nitrogens with two attached hydrogens (primary N) is 1. The molecule has 3 nitrogen and oxygen atoms in total. The molecule has 4 heteroatoms. The summed E-state index contributed by atoms with van der Waals surface area (Å²) < 4.78 is 0. The Morgan fingerprint density at radius 2 is 2.40 bits per heavy atom. The van der Waals surface area contributed by atoms with Crippen LogP contribution in [0.25, 0.3) is 0 Å². The van der Waals surface area contributed by atoms with Gasteiger partial charge in [-0.1, -0.05) is 6.92 Å². The average Bonchev–Trinajstić information content (AvgIpc) is 2.70. The van der Waals surface area contributed by atoms with Crippen LogP contribution in [0.2, 0.25) is 0 Å². The predicted octanol–water partition coefficient (Wildman–Crippen LogP) is 1.53. The topological polar surface area (TPSA) is 55.1 Å². The van der Waals surface area contributed by atoms with Crippen LogP contribution in [0.3, 0.4) is 0 Å². The number of hydrogen-bond donors (Lipinski definition) is 2. The molecule has 1 rings (SSSR count). The van der Waals surface area contributed by atoms with E-state index in [2.05, 4.69) is 16.8 Å². The minimum absolute atomic E-state index is 0.0692. The van der Waals surface area contributed by atoms with Gasteiger partial charge in [-0.25, -0.2) is 0 Å². The van der Waals surface area contributed by atoms with Gasteiger partial charge in [-0.05, 0) is 42.2 Å². The summed E-state index contributed by atoms with van der Waals surface area (Å²) >= 11 is 1.67. The molecule has 0 saturated carbocycles. The van der Waals surface area contributed by atoms with Crippen LogP contribution < -0.4 is 11.1 Å². The van der Waals surface area contributed by atoms with Crippen molar-refractivity contribution in [2.75, 3.05) is 6.54 Å². The predicted molar refractivity (Wildman–Crippen MR) is 63.9 cm³/mol. The SMILES string of the molecule is CCC(C)(N)C(=O)NCCc1ccsc1. The minimum Gasteiger partial charge on any atom is -0.354 e. The molecule has 1 amide bonds. The number of carbonyl (C=O) groups excluding carboxylic acids is 1. The van der Waals surface area contributed by atoms with Gasteiger partial charge < -0.3 is 11.1 Å². The Morgan fingerprint density at radius 3 is 2.93 bits per heavy atom. The molecule has 1 heterocycles. The Labute approximate surface area is 94.7 Å². The van der Waals surface area contributed by atoms with E-state index >= 15 is 0 Å². The van der Waals surface area contributed by atoms with Gasteiger partial charge >= 0.3 is 0 Å². The van der Waals surface area contributed by atoms with E-state index in [9.17, 15) is 4.79 Å². The highest BCUT2D eigenvalue weighted by Crippen LogP contribution is 2.07. The van der Waals surface area contributed by atoms with Crippen LogP contribution in [0.1, 0.15) is 25.8 Å². The maximum Gasteiger partial charge on any atom is 0.239 e. The summed E-state index contributed by atoms with van der Waals surface area (Å²) in [6.45, 7) is 4.33. The van der Waals surface area contributed by atoms with Gasteiger partial charge in [0.2, 0.25) is 5.91 Å². The van der Waals surface area contributed by atoms with Crippen molar-refractivity contribution in [1.82, 2.24) is 5.32 Å². The molecule has 0 radical (unpaired) electrons. The van der Waals surface area contributed by atoms with Gasteiger partial charge in [0.05, 0.1) is 5.54 Å². The Bertz CT molecular complexity index is 306. The van der Waals surface area contributed by atoms with Crippen LogP contribution in [-0.4, -0.2) is 18.0 Å². The van der Waals surface area contributed by atoms with Crippen LogP contribution >= 0.6 is 11.3 Å². The van der Waals surface area contributed by atoms with Gasteiger partial charge in [0, 0.05) is 6.54 Å². The zero-order valence-electron chi connectivity index (χ0n) is 9.25. The number of carbonyl (C=O) groups is 1. The standard InChI is InChI=1S/C11H18N2OS/c1-3-11(2,12)10(14)13-6-4-9-5-7-15-8-9/h5,7-8H,3-4,6,12H2,1-2H3,(H,13,14). The molecule has 0 aliphatic carbocycles. The highest BCUT2D eigenvalue weighted by Gasteiger charge is 2.25. The molecule has 1 unspecified atom stereocenters. The number of rotatable bonds is 5. The first kappa shape index (κ1) is 12.2. The zero-order chi connectivity index (χ0) is 11.3. The van der Waals surface area contributed by atoms with E-state index in [4.69, 9.17) is 5.73 Å². The minimum atomic E-state index is -0.741. The summed E-state index contributed by atoms with van der Waals surface area (Å²) in [4.78, 5) is 11.6. The lowest BCUT2D eigenvalue weighted by Gasteiger charge is -2.21. The maximum absolute atomic E-state index is 11.6. The first-order valence-corrected chi connectivity index (χ1v) is 6.09. The lowest BCUT2D eigenvalue weighted by atomic mass is 9.99. The monoisotopic (exact) mass is 226 g/mol. The Kier molecular flexibility index (Phi) is 4.29.